The number of para-hydroxylation sites is 1. The minimum atomic E-state index is -4.25. The zero-order valence-corrected chi connectivity index (χ0v) is 48.5. The predicted octanol–water partition coefficient (Wildman–Crippen LogP) is 3.95. The second kappa shape index (κ2) is 23.1. The van der Waals surface area contributed by atoms with Gasteiger partial charge in [-0.15, -0.1) is 5.10 Å². The molecule has 9 aromatic rings. The number of carbonyl (C=O) groups excluding carboxylic acids is 2. The molecule has 3 saturated heterocycles. The minimum absolute atomic E-state index is 0.0208. The average molecular weight is 1250 g/mol. The molecule has 10 atom stereocenters. The zero-order valence-electron chi connectivity index (χ0n) is 45.0. The quantitative estimate of drug-likeness (QED) is 0.0516. The molecule has 86 heavy (non-hydrogen) atoms. The van der Waals surface area contributed by atoms with Crippen molar-refractivity contribution in [2.75, 3.05) is 36.2 Å². The van der Waals surface area contributed by atoms with E-state index in [1.807, 2.05) is 48.5 Å². The SMILES string of the molecule is CC(=O)N1Cc2ccccc2-c2nnn(CCOc3ccc(C(=O)Oc4ccc(CS[P@]5(=O)N[C@H]6[C@@H](O)[C@H](n7cnc8c(=O)[nH]c(N)nc87)O[C@@H]6COP(O)(=S)N[C@@H]6[C@@H](O)[C@H](n7cnc8c(N)ncnc87)O[C@@H]6CO5)cc4)cc3)c2-c2ccccc21. The van der Waals surface area contributed by atoms with Gasteiger partial charge in [0.05, 0.1) is 68.0 Å². The van der Waals surface area contributed by atoms with E-state index in [1.54, 1.807) is 65.0 Å². The number of amides is 1. The van der Waals surface area contributed by atoms with E-state index < -0.39 is 87.1 Å². The molecule has 10 N–H and O–H groups in total. The highest BCUT2D eigenvalue weighted by Gasteiger charge is 2.52. The maximum Gasteiger partial charge on any atom is 0.343 e. The van der Waals surface area contributed by atoms with Crippen molar-refractivity contribution in [1.82, 2.24) is 64.2 Å². The zero-order chi connectivity index (χ0) is 59.6. The van der Waals surface area contributed by atoms with Gasteiger partial charge in [0.1, 0.15) is 60.1 Å². The van der Waals surface area contributed by atoms with Crippen LogP contribution in [0.25, 0.3) is 44.8 Å². The smallest absolute Gasteiger partial charge is 0.343 e. The molecular weight excluding hydrogens is 1190 g/mol. The summed E-state index contributed by atoms with van der Waals surface area (Å²) in [6, 6.07) is 26.0. The van der Waals surface area contributed by atoms with Crippen molar-refractivity contribution < 1.29 is 57.3 Å². The maximum absolute atomic E-state index is 15.4. The van der Waals surface area contributed by atoms with E-state index >= 15 is 4.57 Å². The third-order valence-electron chi connectivity index (χ3n) is 14.9. The summed E-state index contributed by atoms with van der Waals surface area (Å²) in [5.74, 6) is -0.128. The van der Waals surface area contributed by atoms with Crippen LogP contribution in [-0.4, -0.2) is 137 Å². The van der Waals surface area contributed by atoms with Crippen molar-refractivity contribution in [2.45, 2.75) is 74.7 Å². The van der Waals surface area contributed by atoms with Gasteiger partial charge in [0, 0.05) is 23.8 Å². The molecule has 0 saturated carbocycles. The summed E-state index contributed by atoms with van der Waals surface area (Å²) in [4.78, 5) is 75.7. The number of nitrogen functional groups attached to an aromatic ring is 2. The van der Waals surface area contributed by atoms with Crippen LogP contribution >= 0.6 is 24.7 Å². The Morgan fingerprint density at radius 2 is 1.48 bits per heavy atom. The van der Waals surface area contributed by atoms with Crippen molar-refractivity contribution in [3.63, 3.8) is 0 Å². The molecule has 4 aliphatic rings. The fourth-order valence-corrected chi connectivity index (χ4v) is 16.2. The van der Waals surface area contributed by atoms with Crippen LogP contribution < -0.4 is 41.6 Å². The number of imidazole rings is 2. The summed E-state index contributed by atoms with van der Waals surface area (Å²) in [7, 11) is 0. The van der Waals surface area contributed by atoms with Crippen LogP contribution in [0.4, 0.5) is 17.5 Å². The van der Waals surface area contributed by atoms with Gasteiger partial charge in [-0.25, -0.2) is 39.6 Å². The topological polar surface area (TPSA) is 384 Å². The van der Waals surface area contributed by atoms with Crippen molar-refractivity contribution >= 4 is 88.2 Å². The number of benzene rings is 4. The molecule has 1 amide bonds. The Hall–Kier alpha value is -7.87. The minimum Gasteiger partial charge on any atom is -0.492 e. The number of aliphatic hydroxyl groups is 2. The highest BCUT2D eigenvalue weighted by Crippen LogP contribution is 2.60. The number of aromatic nitrogens is 11. The summed E-state index contributed by atoms with van der Waals surface area (Å²) in [5.41, 5.74) is 17.3. The lowest BCUT2D eigenvalue weighted by molar-refractivity contribution is -0.116. The third kappa shape index (κ3) is 11.1. The van der Waals surface area contributed by atoms with Gasteiger partial charge in [-0.3, -0.25) is 28.3 Å². The highest BCUT2D eigenvalue weighted by molar-refractivity contribution is 8.55. The van der Waals surface area contributed by atoms with E-state index in [0.717, 1.165) is 39.5 Å². The standard InChI is InChI=1S/C53H52N16O13P2S2/c1-27(70)66-20-30-6-2-3-7-33(30)38-43(34-8-4-5-9-35(34)66)69(65-62-38)18-19-77-31-16-12-29(13-17-31)52(74)80-32-14-10-28(11-15-32)23-86-84(76)64-40-36(81-51(45(40)72)68-26-59-42-48(68)60-53(55)61-49(42)73)21-78-83(75,85)63-39-37(22-79-84)82-50(44(39)71)67-25-58-41-46(54)56-24-57-47(41)67/h2-17,24-26,36-37,39-40,44-45,50-51,71-72H,18-23H2,1H3,(H,64,76)(H2,54,56,57)(H2,63,75,85)(H3,55,60,61,73)/t36-,37-,39+,40-,44-,45-,50-,51-,83?,84+/m1/s1. The molecule has 9 heterocycles. The lowest BCUT2D eigenvalue weighted by Gasteiger charge is -2.32. The van der Waals surface area contributed by atoms with Crippen LogP contribution in [0.5, 0.6) is 11.5 Å². The molecule has 0 aliphatic carbocycles. The van der Waals surface area contributed by atoms with Crippen LogP contribution in [-0.2, 0) is 58.5 Å². The largest absolute Gasteiger partial charge is 0.492 e. The monoisotopic (exact) mass is 1250 g/mol. The first-order valence-electron chi connectivity index (χ1n) is 26.7. The molecule has 3 fully saturated rings. The number of H-pyrrole nitrogens is 1. The molecule has 0 radical (unpaired) electrons. The Morgan fingerprint density at radius 1 is 0.814 bits per heavy atom. The number of rotatable bonds is 11. The first kappa shape index (κ1) is 57.2. The Kier molecular flexibility index (Phi) is 15.4. The number of nitrogens with two attached hydrogens (primary N) is 2. The first-order chi connectivity index (χ1) is 41.5. The van der Waals surface area contributed by atoms with Gasteiger partial charge in [0.15, 0.2) is 35.1 Å². The van der Waals surface area contributed by atoms with Gasteiger partial charge >= 0.3 is 12.7 Å². The fraction of sp³-hybridized carbons (Fsp3) is 0.283. The van der Waals surface area contributed by atoms with Gasteiger partial charge < -0.3 is 59.5 Å². The van der Waals surface area contributed by atoms with E-state index in [2.05, 4.69) is 50.4 Å². The number of aliphatic hydroxyl groups excluding tert-OH is 2. The number of nitrogens with zero attached hydrogens (tertiary/aromatic N) is 11. The Labute approximate surface area is 495 Å². The summed E-state index contributed by atoms with van der Waals surface area (Å²) < 4.78 is 56.7. The van der Waals surface area contributed by atoms with E-state index in [9.17, 15) is 29.5 Å². The lowest BCUT2D eigenvalue weighted by Crippen LogP contribution is -2.47. The number of esters is 1. The van der Waals surface area contributed by atoms with Crippen LogP contribution in [0.3, 0.4) is 0 Å². The van der Waals surface area contributed by atoms with E-state index in [1.165, 1.54) is 28.1 Å². The number of hydrogen-bond acceptors (Lipinski definition) is 23. The molecule has 4 aliphatic heterocycles. The van der Waals surface area contributed by atoms with Crippen molar-refractivity contribution in [2.24, 2.45) is 0 Å². The van der Waals surface area contributed by atoms with Gasteiger partial charge in [-0.1, -0.05) is 59.8 Å². The first-order valence-corrected chi connectivity index (χ1v) is 32.5. The van der Waals surface area contributed by atoms with Crippen molar-refractivity contribution in [3.05, 3.63) is 143 Å². The van der Waals surface area contributed by atoms with E-state index in [-0.39, 0.29) is 63.7 Å². The number of nitrogens with one attached hydrogen (secondary N) is 3. The Balaban J connectivity index is 0.694. The van der Waals surface area contributed by atoms with E-state index in [4.69, 9.17) is 51.3 Å². The summed E-state index contributed by atoms with van der Waals surface area (Å²) in [5, 5.41) is 38.9. The van der Waals surface area contributed by atoms with Crippen LogP contribution in [0.15, 0.2) is 121 Å². The van der Waals surface area contributed by atoms with Crippen LogP contribution in [0.2, 0.25) is 0 Å². The molecule has 13 rings (SSSR count). The third-order valence-corrected chi connectivity index (χ3v) is 20.6. The van der Waals surface area contributed by atoms with Crippen LogP contribution in [0.1, 0.15) is 40.9 Å². The second-order valence-electron chi connectivity index (χ2n) is 20.4. The number of carbonyl (C=O) groups is 2. The van der Waals surface area contributed by atoms with Gasteiger partial charge in [0.2, 0.25) is 11.9 Å². The van der Waals surface area contributed by atoms with E-state index in [0.29, 0.717) is 30.1 Å². The molecule has 33 heteroatoms. The summed E-state index contributed by atoms with van der Waals surface area (Å²) >= 11 is 6.40. The molecule has 1 unspecified atom stereocenters. The Morgan fingerprint density at radius 3 is 2.22 bits per heavy atom. The fourth-order valence-electron chi connectivity index (χ4n) is 10.8. The van der Waals surface area contributed by atoms with Gasteiger partial charge in [0.25, 0.3) is 12.2 Å². The predicted molar refractivity (Wildman–Crippen MR) is 314 cm³/mol. The second-order valence-corrected chi connectivity index (χ2v) is 27.7. The number of ether oxygens (including phenoxy) is 4. The molecule has 444 valence electrons. The summed E-state index contributed by atoms with van der Waals surface area (Å²) in [6.45, 7) is -6.83. The summed E-state index contributed by atoms with van der Waals surface area (Å²) in [6.07, 6.45) is -4.13. The number of fused-ring (bicyclic) bond motifs is 9. The normalized spacial score (nSPS) is 25.6. The van der Waals surface area contributed by atoms with Gasteiger partial charge in [-0.2, -0.15) is 4.98 Å². The number of anilines is 3. The maximum atomic E-state index is 15.4. The molecule has 0 spiro atoms. The molecule has 5 aromatic heterocycles. The number of hydrogen-bond donors (Lipinski definition) is 8. The average Bonchev–Trinajstić information content (AvgIpc) is 2.88. The molecular formula is C53H52N16O13P2S2. The lowest BCUT2D eigenvalue weighted by atomic mass is 9.95. The number of aromatic amines is 1. The van der Waals surface area contributed by atoms with Gasteiger partial charge in [-0.05, 0) is 76.8 Å². The molecule has 29 nitrogen and oxygen atoms in total. The van der Waals surface area contributed by atoms with Crippen LogP contribution in [0, 0.1) is 0 Å². The van der Waals surface area contributed by atoms with Crippen molar-refractivity contribution in [3.8, 4) is 34.0 Å². The molecule has 0 bridgehead atoms. The molecule has 4 aromatic carbocycles. The highest BCUT2D eigenvalue weighted by atomic mass is 32.7. The van der Waals surface area contributed by atoms with Crippen molar-refractivity contribution in [1.29, 1.82) is 0 Å². The Bertz CT molecular complexity index is 4250.